The van der Waals surface area contributed by atoms with Crippen molar-refractivity contribution in [2.75, 3.05) is 16.8 Å². The van der Waals surface area contributed by atoms with Gasteiger partial charge in [-0.3, -0.25) is 9.48 Å². The highest BCUT2D eigenvalue weighted by Gasteiger charge is 2.29. The maximum atomic E-state index is 15.2. The highest BCUT2D eigenvalue weighted by Crippen LogP contribution is 2.35. The lowest BCUT2D eigenvalue weighted by Crippen LogP contribution is -2.31. The van der Waals surface area contributed by atoms with Crippen LogP contribution in [0, 0.1) is 5.82 Å². The number of aromatic nitrogens is 5. The van der Waals surface area contributed by atoms with Crippen molar-refractivity contribution in [2.24, 2.45) is 7.05 Å². The molecule has 0 fully saturated rings. The molecular formula is C23H19ClFN7O. The van der Waals surface area contributed by atoms with Crippen molar-refractivity contribution >= 4 is 35.0 Å². The normalized spacial score (nSPS) is 12.6. The molecule has 4 aromatic rings. The van der Waals surface area contributed by atoms with Crippen molar-refractivity contribution in [3.8, 4) is 11.3 Å². The van der Waals surface area contributed by atoms with Gasteiger partial charge >= 0.3 is 0 Å². The second-order valence-corrected chi connectivity index (χ2v) is 7.98. The number of benzene rings is 1. The number of pyridine rings is 1. The molecule has 0 atom stereocenters. The van der Waals surface area contributed by atoms with E-state index in [1.807, 2.05) is 6.07 Å². The zero-order chi connectivity index (χ0) is 22.9. The Labute approximate surface area is 194 Å². The number of hydrogen-bond acceptors (Lipinski definition) is 6. The Morgan fingerprint density at radius 1 is 1.18 bits per heavy atom. The van der Waals surface area contributed by atoms with Crippen LogP contribution < -0.4 is 10.2 Å². The molecule has 1 N–H and O–H groups in total. The summed E-state index contributed by atoms with van der Waals surface area (Å²) in [6.45, 7) is 0.406. The van der Waals surface area contributed by atoms with E-state index in [2.05, 4.69) is 25.4 Å². The molecule has 1 aromatic carbocycles. The molecule has 0 saturated carbocycles. The van der Waals surface area contributed by atoms with Gasteiger partial charge in [0.05, 0.1) is 24.0 Å². The average molecular weight is 464 g/mol. The summed E-state index contributed by atoms with van der Waals surface area (Å²) >= 11 is 6.08. The van der Waals surface area contributed by atoms with Crippen molar-refractivity contribution in [3.63, 3.8) is 0 Å². The molecule has 5 rings (SSSR count). The highest BCUT2D eigenvalue weighted by atomic mass is 35.5. The molecule has 8 nitrogen and oxygen atoms in total. The largest absolute Gasteiger partial charge is 0.309 e. The lowest BCUT2D eigenvalue weighted by molar-refractivity contribution is -0.117. The number of rotatable bonds is 5. The van der Waals surface area contributed by atoms with E-state index in [9.17, 15) is 4.79 Å². The average Bonchev–Trinajstić information content (AvgIpc) is 3.42. The Kier molecular flexibility index (Phi) is 5.47. The van der Waals surface area contributed by atoms with Crippen LogP contribution in [0.5, 0.6) is 0 Å². The van der Waals surface area contributed by atoms with Crippen molar-refractivity contribution in [1.82, 2.24) is 24.7 Å². The zero-order valence-electron chi connectivity index (χ0n) is 17.7. The summed E-state index contributed by atoms with van der Waals surface area (Å²) < 4.78 is 16.9. The molecular weight excluding hydrogens is 445 g/mol. The molecule has 4 heterocycles. The van der Waals surface area contributed by atoms with Gasteiger partial charge in [0.25, 0.3) is 0 Å². The van der Waals surface area contributed by atoms with Crippen LogP contribution in [0.3, 0.4) is 0 Å². The van der Waals surface area contributed by atoms with Crippen LogP contribution >= 0.6 is 11.6 Å². The van der Waals surface area contributed by atoms with E-state index < -0.39 is 5.82 Å². The lowest BCUT2D eigenvalue weighted by Gasteiger charge is -2.18. The van der Waals surface area contributed by atoms with E-state index in [1.165, 1.54) is 11.0 Å². The van der Waals surface area contributed by atoms with Crippen LogP contribution in [0.4, 0.5) is 21.8 Å². The molecule has 1 aliphatic rings. The molecule has 166 valence electrons. The van der Waals surface area contributed by atoms with Crippen molar-refractivity contribution < 1.29 is 9.18 Å². The van der Waals surface area contributed by atoms with Gasteiger partial charge in [-0.15, -0.1) is 0 Å². The minimum atomic E-state index is -0.467. The quantitative estimate of drug-likeness (QED) is 0.451. The van der Waals surface area contributed by atoms with Crippen LogP contribution in [0.15, 0.2) is 55.0 Å². The summed E-state index contributed by atoms with van der Waals surface area (Å²) in [7, 11) is 1.80. The Hall–Kier alpha value is -3.85. The van der Waals surface area contributed by atoms with Gasteiger partial charge in [0.1, 0.15) is 16.8 Å². The summed E-state index contributed by atoms with van der Waals surface area (Å²) in [6, 6.07) is 10.3. The molecule has 0 spiro atoms. The molecule has 10 heteroatoms. The molecule has 1 aliphatic heterocycles. The summed E-state index contributed by atoms with van der Waals surface area (Å²) in [5.74, 6) is 0.419. The SMILES string of the molecule is Cn1nccc1Nc1nccc(-c2cc(F)c3c(c2)CCN3C(=O)Cc2cccnc2Cl)n1. The molecule has 0 unspecified atom stereocenters. The molecule has 0 radical (unpaired) electrons. The first-order valence-corrected chi connectivity index (χ1v) is 10.7. The van der Waals surface area contributed by atoms with Crippen LogP contribution in [-0.2, 0) is 24.7 Å². The van der Waals surface area contributed by atoms with Crippen molar-refractivity contribution in [1.29, 1.82) is 0 Å². The van der Waals surface area contributed by atoms with E-state index in [0.717, 1.165) is 11.4 Å². The van der Waals surface area contributed by atoms with Crippen LogP contribution in [-0.4, -0.2) is 37.2 Å². The zero-order valence-corrected chi connectivity index (χ0v) is 18.4. The third-order valence-corrected chi connectivity index (χ3v) is 5.85. The number of carbonyl (C=O) groups excluding carboxylic acids is 1. The summed E-state index contributed by atoms with van der Waals surface area (Å²) in [5.41, 5.74) is 2.88. The smallest absolute Gasteiger partial charge is 0.231 e. The fourth-order valence-corrected chi connectivity index (χ4v) is 4.08. The topological polar surface area (TPSA) is 88.8 Å². The standard InChI is InChI=1S/C23H19ClFN7O/c1-31-19(5-9-28-31)30-23-27-8-4-18(29-23)16-11-14-6-10-32(21(14)17(25)12-16)20(33)13-15-3-2-7-26-22(15)24/h2-5,7-9,11-12H,6,10,13H2,1H3,(H,27,29,30). The molecule has 0 saturated heterocycles. The van der Waals surface area contributed by atoms with Gasteiger partial charge in [0, 0.05) is 37.6 Å². The predicted octanol–water partition coefficient (Wildman–Crippen LogP) is 3.94. The maximum absolute atomic E-state index is 15.2. The summed E-state index contributed by atoms with van der Waals surface area (Å²) in [6.07, 6.45) is 5.45. The minimum Gasteiger partial charge on any atom is -0.309 e. The fourth-order valence-electron chi connectivity index (χ4n) is 3.89. The fraction of sp³-hybridized carbons (Fsp3) is 0.174. The monoisotopic (exact) mass is 463 g/mol. The Morgan fingerprint density at radius 2 is 2.06 bits per heavy atom. The van der Waals surface area contributed by atoms with Gasteiger partial charge < -0.3 is 10.2 Å². The van der Waals surface area contributed by atoms with Gasteiger partial charge in [0.15, 0.2) is 0 Å². The Morgan fingerprint density at radius 3 is 2.85 bits per heavy atom. The number of aryl methyl sites for hydroxylation is 1. The van der Waals surface area contributed by atoms with Crippen LogP contribution in [0.2, 0.25) is 5.15 Å². The molecule has 33 heavy (non-hydrogen) atoms. The van der Waals surface area contributed by atoms with E-state index >= 15 is 4.39 Å². The summed E-state index contributed by atoms with van der Waals surface area (Å²) in [5, 5.41) is 7.48. The van der Waals surface area contributed by atoms with E-state index in [-0.39, 0.29) is 17.5 Å². The summed E-state index contributed by atoms with van der Waals surface area (Å²) in [4.78, 5) is 27.1. The second kappa shape index (κ2) is 8.59. The molecule has 1 amide bonds. The van der Waals surface area contributed by atoms with E-state index in [1.54, 1.807) is 54.6 Å². The van der Waals surface area contributed by atoms with Gasteiger partial charge in [-0.2, -0.15) is 5.10 Å². The van der Waals surface area contributed by atoms with Gasteiger partial charge in [-0.1, -0.05) is 17.7 Å². The minimum absolute atomic E-state index is 0.0578. The van der Waals surface area contributed by atoms with Crippen LogP contribution in [0.25, 0.3) is 11.3 Å². The van der Waals surface area contributed by atoms with Gasteiger partial charge in [-0.05, 0) is 41.8 Å². The number of nitrogens with one attached hydrogen (secondary N) is 1. The first-order chi connectivity index (χ1) is 16.0. The molecule has 0 aliphatic carbocycles. The van der Waals surface area contributed by atoms with Gasteiger partial charge in [-0.25, -0.2) is 19.3 Å². The third-order valence-electron chi connectivity index (χ3n) is 5.51. The third kappa shape index (κ3) is 4.14. The number of carbonyl (C=O) groups is 1. The van der Waals surface area contributed by atoms with Crippen LogP contribution in [0.1, 0.15) is 11.1 Å². The van der Waals surface area contributed by atoms with Crippen molar-refractivity contribution in [2.45, 2.75) is 12.8 Å². The predicted molar refractivity (Wildman–Crippen MR) is 123 cm³/mol. The number of anilines is 3. The number of amides is 1. The Bertz CT molecular complexity index is 1360. The lowest BCUT2D eigenvalue weighted by atomic mass is 10.0. The van der Waals surface area contributed by atoms with Gasteiger partial charge in [0.2, 0.25) is 11.9 Å². The first-order valence-electron chi connectivity index (χ1n) is 10.3. The second-order valence-electron chi connectivity index (χ2n) is 7.62. The number of nitrogens with zero attached hydrogens (tertiary/aromatic N) is 6. The Balaban J connectivity index is 1.40. The molecule has 0 bridgehead atoms. The number of halogens is 2. The first kappa shape index (κ1) is 21.0. The van der Waals surface area contributed by atoms with E-state index in [4.69, 9.17) is 11.6 Å². The number of hydrogen-bond donors (Lipinski definition) is 1. The maximum Gasteiger partial charge on any atom is 0.231 e. The number of fused-ring (bicyclic) bond motifs is 1. The van der Waals surface area contributed by atoms with E-state index in [0.29, 0.717) is 41.4 Å². The highest BCUT2D eigenvalue weighted by molar-refractivity contribution is 6.30. The molecule has 3 aromatic heterocycles. The van der Waals surface area contributed by atoms with Crippen molar-refractivity contribution in [3.05, 3.63) is 77.1 Å².